The van der Waals surface area contributed by atoms with E-state index in [-0.39, 0.29) is 0 Å². The molecule has 0 heterocycles. The van der Waals surface area contributed by atoms with Gasteiger partial charge in [-0.1, -0.05) is 56.5 Å². The third-order valence-electron chi connectivity index (χ3n) is 5.11. The summed E-state index contributed by atoms with van der Waals surface area (Å²) in [6.45, 7) is 11.5. The van der Waals surface area contributed by atoms with Gasteiger partial charge in [0.25, 0.3) is 0 Å². The molecule has 0 aromatic heterocycles. The lowest BCUT2D eigenvalue weighted by Gasteiger charge is -2.43. The molecule has 1 nitrogen and oxygen atoms in total. The van der Waals surface area contributed by atoms with Crippen LogP contribution in [-0.4, -0.2) is 6.04 Å². The molecule has 0 amide bonds. The average molecular weight is 273 g/mol. The number of nitrogens with two attached hydrogens (primary N) is 1. The Morgan fingerprint density at radius 2 is 1.70 bits per heavy atom. The van der Waals surface area contributed by atoms with Crippen molar-refractivity contribution in [2.45, 2.75) is 66.3 Å². The second-order valence-electron chi connectivity index (χ2n) is 7.85. The molecule has 1 aromatic carbocycles. The van der Waals surface area contributed by atoms with E-state index >= 15 is 0 Å². The predicted octanol–water partition coefficient (Wildman–Crippen LogP) is 4.64. The van der Waals surface area contributed by atoms with Crippen LogP contribution in [0.5, 0.6) is 0 Å². The topological polar surface area (TPSA) is 26.0 Å². The third kappa shape index (κ3) is 3.63. The predicted molar refractivity (Wildman–Crippen MR) is 87.9 cm³/mol. The van der Waals surface area contributed by atoms with Crippen LogP contribution in [0.2, 0.25) is 0 Å². The molecule has 1 saturated carbocycles. The Morgan fingerprint density at radius 3 is 2.25 bits per heavy atom. The highest BCUT2D eigenvalue weighted by atomic mass is 14.7. The molecule has 3 atom stereocenters. The quantitative estimate of drug-likeness (QED) is 0.853. The zero-order valence-corrected chi connectivity index (χ0v) is 13.9. The maximum atomic E-state index is 6.47. The van der Waals surface area contributed by atoms with Gasteiger partial charge in [0.15, 0.2) is 0 Å². The van der Waals surface area contributed by atoms with Gasteiger partial charge in [0.1, 0.15) is 0 Å². The van der Waals surface area contributed by atoms with Crippen molar-refractivity contribution in [3.8, 4) is 0 Å². The molecule has 112 valence electrons. The number of benzene rings is 1. The lowest BCUT2D eigenvalue weighted by atomic mass is 9.64. The molecule has 0 saturated heterocycles. The summed E-state index contributed by atoms with van der Waals surface area (Å²) >= 11 is 0. The molecule has 1 aliphatic carbocycles. The number of aryl methyl sites for hydroxylation is 2. The summed E-state index contributed by atoms with van der Waals surface area (Å²) in [6.07, 6.45) is 4.97. The lowest BCUT2D eigenvalue weighted by Crippen LogP contribution is -2.44. The molecular weight excluding hydrogens is 242 g/mol. The Morgan fingerprint density at radius 1 is 1.10 bits per heavy atom. The van der Waals surface area contributed by atoms with Crippen molar-refractivity contribution >= 4 is 0 Å². The SMILES string of the molecule is Cc1cc(C)cc(CC(C)(C)C2CCC(C)CC2N)c1. The molecule has 20 heavy (non-hydrogen) atoms. The molecule has 2 rings (SSSR count). The first-order valence-electron chi connectivity index (χ1n) is 8.10. The van der Waals surface area contributed by atoms with E-state index in [9.17, 15) is 0 Å². The molecule has 0 radical (unpaired) electrons. The van der Waals surface area contributed by atoms with E-state index in [0.717, 1.165) is 12.3 Å². The van der Waals surface area contributed by atoms with Gasteiger partial charge in [-0.2, -0.15) is 0 Å². The van der Waals surface area contributed by atoms with E-state index in [0.29, 0.717) is 17.4 Å². The Balaban J connectivity index is 2.13. The van der Waals surface area contributed by atoms with Crippen LogP contribution in [0, 0.1) is 31.1 Å². The van der Waals surface area contributed by atoms with Gasteiger partial charge in [-0.05, 0) is 55.9 Å². The molecule has 2 N–H and O–H groups in total. The Kier molecular flexibility index (Phi) is 4.59. The summed E-state index contributed by atoms with van der Waals surface area (Å²) in [4.78, 5) is 0. The molecule has 1 heteroatoms. The van der Waals surface area contributed by atoms with Crippen molar-refractivity contribution in [2.24, 2.45) is 23.0 Å². The highest BCUT2D eigenvalue weighted by Gasteiger charge is 2.37. The second-order valence-corrected chi connectivity index (χ2v) is 7.85. The lowest BCUT2D eigenvalue weighted by molar-refractivity contribution is 0.113. The van der Waals surface area contributed by atoms with Crippen molar-refractivity contribution in [3.05, 3.63) is 34.9 Å². The Hall–Kier alpha value is -0.820. The minimum absolute atomic E-state index is 0.291. The van der Waals surface area contributed by atoms with E-state index in [4.69, 9.17) is 5.73 Å². The minimum atomic E-state index is 0.291. The van der Waals surface area contributed by atoms with Crippen LogP contribution in [0.4, 0.5) is 0 Å². The minimum Gasteiger partial charge on any atom is -0.327 e. The molecule has 0 bridgehead atoms. The zero-order valence-electron chi connectivity index (χ0n) is 13.9. The Labute approximate surface area is 125 Å². The average Bonchev–Trinajstić information content (AvgIpc) is 2.25. The van der Waals surface area contributed by atoms with Gasteiger partial charge >= 0.3 is 0 Å². The molecule has 1 aromatic rings. The van der Waals surface area contributed by atoms with Crippen molar-refractivity contribution in [2.75, 3.05) is 0 Å². The first-order chi connectivity index (χ1) is 9.28. The van der Waals surface area contributed by atoms with Crippen LogP contribution in [0.1, 0.15) is 56.7 Å². The molecular formula is C19H31N. The maximum absolute atomic E-state index is 6.47. The van der Waals surface area contributed by atoms with Gasteiger partial charge in [-0.25, -0.2) is 0 Å². The summed E-state index contributed by atoms with van der Waals surface area (Å²) in [5, 5.41) is 0. The smallest absolute Gasteiger partial charge is 0.00749 e. The Bertz CT molecular complexity index is 441. The van der Waals surface area contributed by atoms with Gasteiger partial charge < -0.3 is 5.73 Å². The third-order valence-corrected chi connectivity index (χ3v) is 5.11. The molecule has 3 unspecified atom stereocenters. The number of hydrogen-bond donors (Lipinski definition) is 1. The van der Waals surface area contributed by atoms with Gasteiger partial charge in [0.05, 0.1) is 0 Å². The van der Waals surface area contributed by atoms with Crippen LogP contribution < -0.4 is 5.73 Å². The van der Waals surface area contributed by atoms with Crippen LogP contribution in [0.25, 0.3) is 0 Å². The van der Waals surface area contributed by atoms with E-state index in [1.807, 2.05) is 0 Å². The van der Waals surface area contributed by atoms with Crippen LogP contribution >= 0.6 is 0 Å². The van der Waals surface area contributed by atoms with E-state index in [1.54, 1.807) is 0 Å². The standard InChI is InChI=1S/C19H31N/c1-13-6-7-17(18(20)11-13)19(4,5)12-16-9-14(2)8-15(3)10-16/h8-10,13,17-18H,6-7,11-12,20H2,1-5H3. The summed E-state index contributed by atoms with van der Waals surface area (Å²) in [6, 6.07) is 7.31. The van der Waals surface area contributed by atoms with E-state index < -0.39 is 0 Å². The van der Waals surface area contributed by atoms with Gasteiger partial charge in [-0.15, -0.1) is 0 Å². The van der Waals surface area contributed by atoms with Crippen LogP contribution in [0.3, 0.4) is 0 Å². The van der Waals surface area contributed by atoms with Crippen molar-refractivity contribution in [1.82, 2.24) is 0 Å². The largest absolute Gasteiger partial charge is 0.327 e. The van der Waals surface area contributed by atoms with E-state index in [1.165, 1.54) is 36.0 Å². The first-order valence-corrected chi connectivity index (χ1v) is 8.10. The van der Waals surface area contributed by atoms with Crippen molar-refractivity contribution < 1.29 is 0 Å². The highest BCUT2D eigenvalue weighted by Crippen LogP contribution is 2.41. The summed E-state index contributed by atoms with van der Waals surface area (Å²) in [5.74, 6) is 1.46. The van der Waals surface area contributed by atoms with Gasteiger partial charge in [-0.3, -0.25) is 0 Å². The van der Waals surface area contributed by atoms with E-state index in [2.05, 4.69) is 52.8 Å². The second kappa shape index (κ2) is 5.89. The fraction of sp³-hybridized carbons (Fsp3) is 0.684. The molecule has 1 fully saturated rings. The van der Waals surface area contributed by atoms with Crippen LogP contribution in [-0.2, 0) is 6.42 Å². The molecule has 0 spiro atoms. The summed E-state index contributed by atoms with van der Waals surface area (Å²) in [5.41, 5.74) is 11.0. The molecule has 1 aliphatic rings. The van der Waals surface area contributed by atoms with Crippen LogP contribution in [0.15, 0.2) is 18.2 Å². The molecule has 0 aliphatic heterocycles. The first kappa shape index (κ1) is 15.6. The normalized spacial score (nSPS) is 27.6. The van der Waals surface area contributed by atoms with Gasteiger partial charge in [0.2, 0.25) is 0 Å². The summed E-state index contributed by atoms with van der Waals surface area (Å²) < 4.78 is 0. The fourth-order valence-electron chi connectivity index (χ4n) is 4.22. The van der Waals surface area contributed by atoms with Crippen molar-refractivity contribution in [3.63, 3.8) is 0 Å². The zero-order chi connectivity index (χ0) is 14.9. The summed E-state index contributed by atoms with van der Waals surface area (Å²) in [7, 11) is 0. The number of hydrogen-bond acceptors (Lipinski definition) is 1. The highest BCUT2D eigenvalue weighted by molar-refractivity contribution is 5.29. The number of rotatable bonds is 3. The van der Waals surface area contributed by atoms with Crippen molar-refractivity contribution in [1.29, 1.82) is 0 Å². The van der Waals surface area contributed by atoms with Gasteiger partial charge in [0, 0.05) is 6.04 Å². The fourth-order valence-corrected chi connectivity index (χ4v) is 4.22. The monoisotopic (exact) mass is 273 g/mol. The maximum Gasteiger partial charge on any atom is 0.00749 e.